The third kappa shape index (κ3) is 5.59. The Bertz CT molecular complexity index is 90.2. The van der Waals surface area contributed by atoms with E-state index in [9.17, 15) is 0 Å². The van der Waals surface area contributed by atoms with Crippen molar-refractivity contribution in [2.75, 3.05) is 7.05 Å². The van der Waals surface area contributed by atoms with Gasteiger partial charge in [0.15, 0.2) is 0 Å². The fourth-order valence-corrected chi connectivity index (χ4v) is 6.97. The minimum atomic E-state index is -0.929. The summed E-state index contributed by atoms with van der Waals surface area (Å²) >= 11 is 0. The van der Waals surface area contributed by atoms with Gasteiger partial charge >= 0.3 is 48.9 Å². The molecule has 0 bridgehead atoms. The minimum absolute atomic E-state index is 0. The molecule has 0 aliphatic carbocycles. The summed E-state index contributed by atoms with van der Waals surface area (Å²) in [4.78, 5) is 0. The molecule has 0 saturated heterocycles. The first kappa shape index (κ1) is 14.5. The second kappa shape index (κ2) is 5.58. The van der Waals surface area contributed by atoms with Crippen LogP contribution in [0, 0.1) is 0 Å². The zero-order valence-corrected chi connectivity index (χ0v) is 9.68. The molecule has 0 aliphatic heterocycles. The summed E-state index contributed by atoms with van der Waals surface area (Å²) < 4.78 is 2.63. The molecular weight excluding hydrogens is 280 g/mol. The van der Waals surface area contributed by atoms with E-state index in [0.717, 1.165) is 0 Å². The van der Waals surface area contributed by atoms with Gasteiger partial charge in [0.25, 0.3) is 0 Å². The summed E-state index contributed by atoms with van der Waals surface area (Å²) in [6.45, 7) is 12.0. The first-order valence-corrected chi connectivity index (χ1v) is 9.86. The van der Waals surface area contributed by atoms with Crippen LogP contribution in [0.25, 0.3) is 0 Å². The summed E-state index contributed by atoms with van der Waals surface area (Å²) in [5, 5.41) is 0. The molecule has 0 saturated carbocycles. The third-order valence-corrected chi connectivity index (χ3v) is 9.37. The van der Waals surface area contributed by atoms with Crippen molar-refractivity contribution in [2.24, 2.45) is 0 Å². The second-order valence-corrected chi connectivity index (χ2v) is 12.4. The average molecular weight is 301 g/mol. The first-order valence-electron chi connectivity index (χ1n) is 3.58. The van der Waals surface area contributed by atoms with Crippen LogP contribution < -0.4 is 0 Å². The third-order valence-electron chi connectivity index (χ3n) is 1.83. The van der Waals surface area contributed by atoms with Gasteiger partial charge in [0.05, 0.1) is 8.96 Å². The van der Waals surface area contributed by atoms with Crippen molar-refractivity contribution >= 4 is 66.1 Å². The van der Waals surface area contributed by atoms with Crippen LogP contribution in [-0.2, 0) is 0 Å². The van der Waals surface area contributed by atoms with Crippen molar-refractivity contribution < 1.29 is 0 Å². The quantitative estimate of drug-likeness (QED) is 0.683. The molecule has 4 heteroatoms. The zero-order chi connectivity index (χ0) is 7.65. The predicted molar refractivity (Wildman–Crippen MR) is 58.5 cm³/mol. The maximum absolute atomic E-state index is 2.63. The summed E-state index contributed by atoms with van der Waals surface area (Å²) in [7, 11) is 0.858. The standard InChI is InChI=1S/C6H19NSi2.Ba.2H/c1-7(8(2)3)9(4,5)6;;;/h8H,1-6H3;;;. The van der Waals surface area contributed by atoms with Crippen LogP contribution in [0.5, 0.6) is 0 Å². The van der Waals surface area contributed by atoms with Crippen molar-refractivity contribution in [3.8, 4) is 0 Å². The van der Waals surface area contributed by atoms with Crippen LogP contribution in [0.15, 0.2) is 0 Å². The Labute approximate surface area is 108 Å². The van der Waals surface area contributed by atoms with Crippen LogP contribution in [0.2, 0.25) is 32.7 Å². The zero-order valence-electron chi connectivity index (χ0n) is 7.52. The van der Waals surface area contributed by atoms with Gasteiger partial charge in [-0.1, -0.05) is 32.7 Å². The molecule has 0 fully saturated rings. The van der Waals surface area contributed by atoms with Gasteiger partial charge in [-0.3, -0.25) is 0 Å². The van der Waals surface area contributed by atoms with Gasteiger partial charge in [-0.15, -0.1) is 0 Å². The van der Waals surface area contributed by atoms with E-state index in [1.165, 1.54) is 0 Å². The predicted octanol–water partition coefficient (Wildman–Crippen LogP) is 0.820. The maximum atomic E-state index is 2.63. The van der Waals surface area contributed by atoms with Crippen LogP contribution in [0.4, 0.5) is 0 Å². The van der Waals surface area contributed by atoms with E-state index in [1.54, 1.807) is 0 Å². The molecule has 0 radical (unpaired) electrons. The van der Waals surface area contributed by atoms with Crippen LogP contribution >= 0.6 is 0 Å². The topological polar surface area (TPSA) is 3.24 Å². The van der Waals surface area contributed by atoms with E-state index in [-0.39, 0.29) is 48.9 Å². The Balaban J connectivity index is 0. The average Bonchev–Trinajstić information content (AvgIpc) is 1.62. The van der Waals surface area contributed by atoms with Gasteiger partial charge in [0.1, 0.15) is 8.24 Å². The molecule has 0 amide bonds. The fraction of sp³-hybridized carbons (Fsp3) is 1.00. The summed E-state index contributed by atoms with van der Waals surface area (Å²) in [6.07, 6.45) is 0. The fourth-order valence-electron chi connectivity index (χ4n) is 0.775. The van der Waals surface area contributed by atoms with E-state index in [0.29, 0.717) is 0 Å². The van der Waals surface area contributed by atoms with Crippen molar-refractivity contribution in [1.29, 1.82) is 0 Å². The molecule has 0 atom stereocenters. The van der Waals surface area contributed by atoms with E-state index in [1.807, 2.05) is 0 Å². The molecule has 0 aliphatic rings. The summed E-state index contributed by atoms with van der Waals surface area (Å²) in [5.41, 5.74) is 0. The normalized spacial score (nSPS) is 12.0. The van der Waals surface area contributed by atoms with Gasteiger partial charge in [-0.2, -0.15) is 0 Å². The van der Waals surface area contributed by atoms with Crippen LogP contribution in [0.3, 0.4) is 0 Å². The van der Waals surface area contributed by atoms with E-state index >= 15 is 0 Å². The van der Waals surface area contributed by atoms with Crippen molar-refractivity contribution in [1.82, 2.24) is 4.23 Å². The molecule has 0 aromatic carbocycles. The van der Waals surface area contributed by atoms with Gasteiger partial charge in [0, 0.05) is 0 Å². The summed E-state index contributed by atoms with van der Waals surface area (Å²) in [5.74, 6) is 0. The van der Waals surface area contributed by atoms with Gasteiger partial charge < -0.3 is 4.23 Å². The summed E-state index contributed by atoms with van der Waals surface area (Å²) in [6, 6.07) is 0. The van der Waals surface area contributed by atoms with Crippen molar-refractivity contribution in [2.45, 2.75) is 32.7 Å². The molecule has 0 N–H and O–H groups in total. The van der Waals surface area contributed by atoms with E-state index in [4.69, 9.17) is 0 Å². The molecular formula is C6H21BaNSi2. The number of hydrogen-bond donors (Lipinski definition) is 0. The molecule has 0 unspecified atom stereocenters. The Hall–Kier alpha value is 1.97. The SMILES string of the molecule is CN([SiH](C)C)[Si](C)(C)C.[BaH2]. The molecule has 60 valence electrons. The monoisotopic (exact) mass is 301 g/mol. The van der Waals surface area contributed by atoms with Gasteiger partial charge in [-0.05, 0) is 7.05 Å². The van der Waals surface area contributed by atoms with Crippen LogP contribution in [-0.4, -0.2) is 77.4 Å². The molecule has 0 rings (SSSR count). The van der Waals surface area contributed by atoms with Crippen molar-refractivity contribution in [3.05, 3.63) is 0 Å². The van der Waals surface area contributed by atoms with Gasteiger partial charge in [0.2, 0.25) is 0 Å². The Kier molecular flexibility index (Phi) is 8.09. The van der Waals surface area contributed by atoms with Crippen molar-refractivity contribution in [3.63, 3.8) is 0 Å². The molecule has 0 spiro atoms. The number of hydrogen-bond acceptors (Lipinski definition) is 1. The molecule has 0 aromatic rings. The number of rotatable bonds is 2. The molecule has 0 aromatic heterocycles. The molecule has 0 heterocycles. The second-order valence-electron chi connectivity index (χ2n) is 3.88. The molecule has 10 heavy (non-hydrogen) atoms. The molecule has 1 nitrogen and oxygen atoms in total. The van der Waals surface area contributed by atoms with E-state index < -0.39 is 17.2 Å². The Morgan fingerprint density at radius 3 is 1.40 bits per heavy atom. The van der Waals surface area contributed by atoms with Gasteiger partial charge in [-0.25, -0.2) is 0 Å². The van der Waals surface area contributed by atoms with Crippen LogP contribution in [0.1, 0.15) is 0 Å². The number of nitrogens with zero attached hydrogens (tertiary/aromatic N) is 1. The Morgan fingerprint density at radius 1 is 1.10 bits per heavy atom. The van der Waals surface area contributed by atoms with E-state index in [2.05, 4.69) is 44.0 Å². The first-order chi connectivity index (χ1) is 3.85. The Morgan fingerprint density at radius 2 is 1.40 bits per heavy atom.